The number of carbonyl (C=O) groups is 3. The minimum absolute atomic E-state index is 0. The first-order valence-corrected chi connectivity index (χ1v) is 12.9. The number of aromatic nitrogens is 3. The number of nitrogens with one attached hydrogen (secondary N) is 1. The van der Waals surface area contributed by atoms with Gasteiger partial charge in [0.2, 0.25) is 5.76 Å². The van der Waals surface area contributed by atoms with E-state index in [0.717, 1.165) is 22.3 Å². The van der Waals surface area contributed by atoms with E-state index < -0.39 is 23.8 Å². The van der Waals surface area contributed by atoms with E-state index in [4.69, 9.17) is 10.4 Å². The average Bonchev–Trinajstić information content (AvgIpc) is 3.71. The second kappa shape index (κ2) is 11.8. The van der Waals surface area contributed by atoms with Crippen molar-refractivity contribution >= 4 is 41.1 Å². The summed E-state index contributed by atoms with van der Waals surface area (Å²) >= 11 is 0. The van der Waals surface area contributed by atoms with E-state index in [9.17, 15) is 19.5 Å². The number of nitrogens with two attached hydrogens (primary N) is 1. The lowest BCUT2D eigenvalue weighted by atomic mass is 9.99. The lowest BCUT2D eigenvalue weighted by Crippen LogP contribution is -2.40. The number of rotatable bonds is 6. The number of likely N-dealkylation sites (tertiary alicyclic amines) is 1. The number of aliphatic carboxylic acids is 1. The summed E-state index contributed by atoms with van der Waals surface area (Å²) in [6.07, 6.45) is 4.27. The minimum Gasteiger partial charge on any atom is -0.480 e. The van der Waals surface area contributed by atoms with E-state index in [1.807, 2.05) is 48.5 Å². The number of fused-ring (bicyclic) bond motifs is 1. The van der Waals surface area contributed by atoms with Crippen molar-refractivity contribution in [3.05, 3.63) is 90.4 Å². The molecular weight excluding hydrogens is 560 g/mol. The molecule has 0 unspecified atom stereocenters. The van der Waals surface area contributed by atoms with Crippen LogP contribution in [0.3, 0.4) is 0 Å². The van der Waals surface area contributed by atoms with Crippen LogP contribution >= 0.6 is 12.4 Å². The molecule has 1 fully saturated rings. The normalized spacial score (nSPS) is 14.4. The van der Waals surface area contributed by atoms with Gasteiger partial charge in [0.1, 0.15) is 11.7 Å². The Labute approximate surface area is 245 Å². The van der Waals surface area contributed by atoms with Crippen molar-refractivity contribution in [3.8, 4) is 33.6 Å². The summed E-state index contributed by atoms with van der Waals surface area (Å²) in [6, 6.07) is 19.6. The number of halogens is 1. The van der Waals surface area contributed by atoms with Gasteiger partial charge >= 0.3 is 5.97 Å². The molecule has 0 bridgehead atoms. The third-order valence-electron chi connectivity index (χ3n) is 7.20. The molecule has 6 rings (SSSR count). The lowest BCUT2D eigenvalue weighted by molar-refractivity contribution is -0.141. The summed E-state index contributed by atoms with van der Waals surface area (Å²) < 4.78 is 5.27. The van der Waals surface area contributed by atoms with Crippen LogP contribution in [-0.2, 0) is 4.79 Å². The molecular formula is C30H25ClN6O5. The highest BCUT2D eigenvalue weighted by Crippen LogP contribution is 2.29. The SMILES string of the molecule is Cl.NNC(=O)c1cc(-c2ccc(-c3ccc(-c4cc(C(=O)N5CCC[C@@H]5C(=O)O)on4)cc3)cc2)nc2ccncc12. The van der Waals surface area contributed by atoms with Crippen molar-refractivity contribution in [2.24, 2.45) is 5.84 Å². The summed E-state index contributed by atoms with van der Waals surface area (Å²) in [6.45, 7) is 0.373. The quantitative estimate of drug-likeness (QED) is 0.150. The van der Waals surface area contributed by atoms with Crippen LogP contribution < -0.4 is 11.3 Å². The summed E-state index contributed by atoms with van der Waals surface area (Å²) in [4.78, 5) is 46.7. The van der Waals surface area contributed by atoms with Gasteiger partial charge in [-0.05, 0) is 36.1 Å². The van der Waals surface area contributed by atoms with Crippen LogP contribution in [0.1, 0.15) is 33.8 Å². The smallest absolute Gasteiger partial charge is 0.326 e. The second-order valence-electron chi connectivity index (χ2n) is 9.65. The third-order valence-corrected chi connectivity index (χ3v) is 7.20. The van der Waals surface area contributed by atoms with E-state index in [2.05, 4.69) is 20.6 Å². The molecule has 2 amide bonds. The van der Waals surface area contributed by atoms with Crippen LogP contribution in [0.2, 0.25) is 0 Å². The molecule has 0 aliphatic carbocycles. The van der Waals surface area contributed by atoms with Gasteiger partial charge in [-0.15, -0.1) is 12.4 Å². The van der Waals surface area contributed by atoms with Gasteiger partial charge in [-0.25, -0.2) is 15.6 Å². The number of hydrogen-bond acceptors (Lipinski definition) is 8. The number of nitrogens with zero attached hydrogens (tertiary/aromatic N) is 4. The van der Waals surface area contributed by atoms with Crippen molar-refractivity contribution < 1.29 is 24.0 Å². The van der Waals surface area contributed by atoms with Crippen molar-refractivity contribution in [1.29, 1.82) is 0 Å². The Morgan fingerprint density at radius 3 is 2.21 bits per heavy atom. The van der Waals surface area contributed by atoms with Crippen LogP contribution in [0, 0.1) is 0 Å². The van der Waals surface area contributed by atoms with Gasteiger partial charge in [0.25, 0.3) is 11.8 Å². The zero-order valence-corrected chi connectivity index (χ0v) is 22.9. The lowest BCUT2D eigenvalue weighted by Gasteiger charge is -2.19. The number of benzene rings is 2. The fraction of sp³-hybridized carbons (Fsp3) is 0.133. The molecule has 2 aromatic carbocycles. The molecule has 12 heteroatoms. The van der Waals surface area contributed by atoms with Crippen LogP contribution in [-0.4, -0.2) is 55.5 Å². The number of carbonyl (C=O) groups excluding carboxylic acids is 2. The van der Waals surface area contributed by atoms with E-state index in [1.165, 1.54) is 11.0 Å². The maximum atomic E-state index is 12.8. The first-order valence-electron chi connectivity index (χ1n) is 12.9. The van der Waals surface area contributed by atoms with Crippen LogP contribution in [0.4, 0.5) is 0 Å². The van der Waals surface area contributed by atoms with Gasteiger partial charge in [0.05, 0.1) is 16.8 Å². The zero-order valence-electron chi connectivity index (χ0n) is 22.1. The third kappa shape index (κ3) is 5.30. The second-order valence-corrected chi connectivity index (χ2v) is 9.65. The zero-order chi connectivity index (χ0) is 28.5. The highest BCUT2D eigenvalue weighted by molar-refractivity contribution is 6.06. The van der Waals surface area contributed by atoms with Crippen LogP contribution in [0.15, 0.2) is 83.6 Å². The highest BCUT2D eigenvalue weighted by Gasteiger charge is 2.36. The predicted octanol–water partition coefficient (Wildman–Crippen LogP) is 4.33. The van der Waals surface area contributed by atoms with E-state index in [1.54, 1.807) is 24.5 Å². The van der Waals surface area contributed by atoms with E-state index in [-0.39, 0.29) is 18.2 Å². The highest BCUT2D eigenvalue weighted by atomic mass is 35.5. The molecule has 212 valence electrons. The van der Waals surface area contributed by atoms with Crippen LogP contribution in [0.25, 0.3) is 44.5 Å². The molecule has 0 spiro atoms. The first kappa shape index (κ1) is 28.4. The Balaban J connectivity index is 0.00000353. The van der Waals surface area contributed by atoms with Gasteiger partial charge in [-0.3, -0.25) is 20.0 Å². The summed E-state index contributed by atoms with van der Waals surface area (Å²) in [7, 11) is 0. The maximum absolute atomic E-state index is 12.8. The summed E-state index contributed by atoms with van der Waals surface area (Å²) in [5.74, 6) is 3.48. The average molecular weight is 585 g/mol. The molecule has 42 heavy (non-hydrogen) atoms. The van der Waals surface area contributed by atoms with Crippen molar-refractivity contribution in [2.75, 3.05) is 6.54 Å². The molecule has 4 heterocycles. The Hall–Kier alpha value is -5.13. The Bertz CT molecular complexity index is 1790. The van der Waals surface area contributed by atoms with Gasteiger partial charge < -0.3 is 14.5 Å². The number of amides is 2. The number of carboxylic acids is 1. The fourth-order valence-electron chi connectivity index (χ4n) is 5.07. The van der Waals surface area contributed by atoms with Crippen molar-refractivity contribution in [2.45, 2.75) is 18.9 Å². The molecule has 11 nitrogen and oxygen atoms in total. The minimum atomic E-state index is -1.02. The Kier molecular flexibility index (Phi) is 7.96. The maximum Gasteiger partial charge on any atom is 0.326 e. The number of hydrazine groups is 1. The standard InChI is InChI=1S/C30H24N6O5.ClH/c31-34-28(37)21-14-24(33-23-11-12-32-16-22(21)23)19-7-3-17(4-8-19)18-5-9-20(10-6-18)25-15-27(41-35-25)29(38)36-13-1-2-26(36)30(39)40;/h3-12,14-16,26H,1-2,13,31H2,(H,34,37)(H,39,40);1H/t26-;/m1./s1. The molecule has 0 saturated carbocycles. The van der Waals surface area contributed by atoms with Gasteiger partial charge in [0.15, 0.2) is 0 Å². The predicted molar refractivity (Wildman–Crippen MR) is 157 cm³/mol. The molecule has 1 atom stereocenters. The van der Waals surface area contributed by atoms with Gasteiger partial charge in [0, 0.05) is 41.5 Å². The number of hydrogen-bond donors (Lipinski definition) is 3. The summed E-state index contributed by atoms with van der Waals surface area (Å²) in [5.41, 5.74) is 7.83. The number of pyridine rings is 2. The fourth-order valence-corrected chi connectivity index (χ4v) is 5.07. The van der Waals surface area contributed by atoms with E-state index >= 15 is 0 Å². The molecule has 4 N–H and O–H groups in total. The first-order chi connectivity index (χ1) is 19.9. The monoisotopic (exact) mass is 584 g/mol. The molecule has 0 radical (unpaired) electrons. The molecule has 1 aliphatic heterocycles. The number of nitrogen functional groups attached to an aromatic ring is 1. The molecule has 3 aromatic heterocycles. The largest absolute Gasteiger partial charge is 0.480 e. The molecule has 1 saturated heterocycles. The molecule has 1 aliphatic rings. The van der Waals surface area contributed by atoms with Gasteiger partial charge in [-0.2, -0.15) is 0 Å². The van der Waals surface area contributed by atoms with Gasteiger partial charge in [-0.1, -0.05) is 53.7 Å². The Morgan fingerprint density at radius 1 is 0.929 bits per heavy atom. The van der Waals surface area contributed by atoms with Crippen molar-refractivity contribution in [3.63, 3.8) is 0 Å². The van der Waals surface area contributed by atoms with Crippen LogP contribution in [0.5, 0.6) is 0 Å². The molecule has 5 aromatic rings. The topological polar surface area (TPSA) is 165 Å². The summed E-state index contributed by atoms with van der Waals surface area (Å²) in [5, 5.41) is 14.0. The van der Waals surface area contributed by atoms with E-state index in [0.29, 0.717) is 47.2 Å². The number of carboxylic acid groups (broad SMARTS) is 1. The Morgan fingerprint density at radius 2 is 1.57 bits per heavy atom. The van der Waals surface area contributed by atoms with Crippen molar-refractivity contribution in [1.82, 2.24) is 25.5 Å².